The van der Waals surface area contributed by atoms with Crippen LogP contribution in [0.2, 0.25) is 0 Å². The van der Waals surface area contributed by atoms with E-state index < -0.39 is 23.7 Å². The van der Waals surface area contributed by atoms with Gasteiger partial charge in [0.15, 0.2) is 11.6 Å². The molecule has 0 heterocycles. The van der Waals surface area contributed by atoms with Crippen molar-refractivity contribution in [1.82, 2.24) is 0 Å². The molecular formula is C33H43F3O4. The molecule has 0 saturated heterocycles. The number of carbonyl (C=O) groups excluding carboxylic acids is 1. The lowest BCUT2D eigenvalue weighted by atomic mass is 9.82. The molecule has 0 unspecified atom stereocenters. The lowest BCUT2D eigenvalue weighted by molar-refractivity contribution is 0.0188. The highest BCUT2D eigenvalue weighted by atomic mass is 19.2. The van der Waals surface area contributed by atoms with Crippen LogP contribution in [0.15, 0.2) is 30.3 Å². The van der Waals surface area contributed by atoms with Gasteiger partial charge in [-0.1, -0.05) is 38.8 Å². The van der Waals surface area contributed by atoms with Crippen molar-refractivity contribution in [3.05, 3.63) is 64.5 Å². The normalized spacial score (nSPS) is 23.1. The number of hydrogen-bond acceptors (Lipinski definition) is 4. The van der Waals surface area contributed by atoms with Gasteiger partial charge in [-0.2, -0.15) is 0 Å². The van der Waals surface area contributed by atoms with E-state index in [2.05, 4.69) is 13.8 Å². The molecule has 0 aromatic heterocycles. The number of esters is 1. The third-order valence-corrected chi connectivity index (χ3v) is 8.42. The molecule has 0 bridgehead atoms. The van der Waals surface area contributed by atoms with E-state index in [4.69, 9.17) is 14.2 Å². The summed E-state index contributed by atoms with van der Waals surface area (Å²) in [5, 5.41) is 0. The van der Waals surface area contributed by atoms with E-state index in [-0.39, 0.29) is 29.3 Å². The first kappa shape index (κ1) is 30.4. The molecule has 2 fully saturated rings. The van der Waals surface area contributed by atoms with Crippen LogP contribution >= 0.6 is 0 Å². The Bertz CT molecular complexity index is 1110. The van der Waals surface area contributed by atoms with Crippen LogP contribution in [0.1, 0.15) is 124 Å². The predicted molar refractivity (Wildman–Crippen MR) is 149 cm³/mol. The van der Waals surface area contributed by atoms with Crippen molar-refractivity contribution >= 4 is 5.97 Å². The lowest BCUT2D eigenvalue weighted by Crippen LogP contribution is -2.25. The molecule has 0 amide bonds. The van der Waals surface area contributed by atoms with Crippen LogP contribution < -0.4 is 4.74 Å². The Morgan fingerprint density at radius 3 is 2.00 bits per heavy atom. The van der Waals surface area contributed by atoms with Crippen LogP contribution in [-0.2, 0) is 9.47 Å². The molecule has 0 spiro atoms. The van der Waals surface area contributed by atoms with Crippen LogP contribution in [0, 0.1) is 17.5 Å². The monoisotopic (exact) mass is 560 g/mol. The zero-order valence-electron chi connectivity index (χ0n) is 23.9. The minimum Gasteiger partial charge on any atom is -0.493 e. The van der Waals surface area contributed by atoms with Gasteiger partial charge >= 0.3 is 5.97 Å². The zero-order valence-corrected chi connectivity index (χ0v) is 23.9. The molecule has 220 valence electrons. The summed E-state index contributed by atoms with van der Waals surface area (Å²) in [5.74, 6) is -2.77. The van der Waals surface area contributed by atoms with Crippen molar-refractivity contribution in [2.75, 3.05) is 13.2 Å². The van der Waals surface area contributed by atoms with Crippen molar-refractivity contribution in [1.29, 1.82) is 0 Å². The molecular weight excluding hydrogens is 517 g/mol. The predicted octanol–water partition coefficient (Wildman–Crippen LogP) is 9.01. The first-order chi connectivity index (χ1) is 19.4. The molecule has 2 aliphatic rings. The molecule has 2 aromatic rings. The molecule has 2 saturated carbocycles. The summed E-state index contributed by atoms with van der Waals surface area (Å²) < 4.78 is 61.9. The maximum atomic E-state index is 15.1. The molecule has 40 heavy (non-hydrogen) atoms. The smallest absolute Gasteiger partial charge is 0.341 e. The summed E-state index contributed by atoms with van der Waals surface area (Å²) in [5.41, 5.74) is 0.591. The summed E-state index contributed by atoms with van der Waals surface area (Å²) >= 11 is 0. The van der Waals surface area contributed by atoms with Crippen LogP contribution in [0.3, 0.4) is 0 Å². The van der Waals surface area contributed by atoms with E-state index >= 15 is 8.78 Å². The van der Waals surface area contributed by atoms with Crippen molar-refractivity contribution in [3.8, 4) is 5.75 Å². The summed E-state index contributed by atoms with van der Waals surface area (Å²) in [4.78, 5) is 12.8. The Labute approximate surface area is 236 Å². The fraction of sp³-hybridized carbons (Fsp3) is 0.606. The average Bonchev–Trinajstić information content (AvgIpc) is 2.96. The van der Waals surface area contributed by atoms with Gasteiger partial charge in [0.25, 0.3) is 0 Å². The minimum absolute atomic E-state index is 0.0141. The number of ether oxygens (including phenoxy) is 3. The van der Waals surface area contributed by atoms with Gasteiger partial charge < -0.3 is 14.2 Å². The van der Waals surface area contributed by atoms with Crippen LogP contribution in [0.25, 0.3) is 0 Å². The van der Waals surface area contributed by atoms with Crippen molar-refractivity contribution in [3.63, 3.8) is 0 Å². The van der Waals surface area contributed by atoms with Crippen molar-refractivity contribution < 1.29 is 32.2 Å². The van der Waals surface area contributed by atoms with E-state index in [0.29, 0.717) is 49.2 Å². The molecule has 0 aliphatic heterocycles. The van der Waals surface area contributed by atoms with E-state index in [1.165, 1.54) is 18.2 Å². The van der Waals surface area contributed by atoms with Gasteiger partial charge in [0.2, 0.25) is 0 Å². The average molecular weight is 561 g/mol. The molecule has 0 atom stereocenters. The fourth-order valence-corrected chi connectivity index (χ4v) is 5.94. The number of halogens is 3. The van der Waals surface area contributed by atoms with E-state index in [1.54, 1.807) is 12.1 Å². The lowest BCUT2D eigenvalue weighted by Gasteiger charge is -2.30. The summed E-state index contributed by atoms with van der Waals surface area (Å²) in [6, 6.07) is 7.90. The van der Waals surface area contributed by atoms with Crippen LogP contribution in [0.4, 0.5) is 13.2 Å². The SMILES string of the molecule is CCCCOc1ccc(C2CCC(OC(=O)c3ccc(C4CCC(OCCCC)CC4)c(F)c3F)CC2)c(F)c1. The Morgan fingerprint density at radius 2 is 1.35 bits per heavy atom. The van der Waals surface area contributed by atoms with Crippen molar-refractivity contribution in [2.45, 2.75) is 115 Å². The number of carbonyl (C=O) groups is 1. The Morgan fingerprint density at radius 1 is 0.750 bits per heavy atom. The molecule has 0 N–H and O–H groups in total. The van der Waals surface area contributed by atoms with Gasteiger partial charge in [-0.25, -0.2) is 18.0 Å². The number of benzene rings is 2. The third kappa shape index (κ3) is 7.80. The highest BCUT2D eigenvalue weighted by Gasteiger charge is 2.31. The van der Waals surface area contributed by atoms with Gasteiger partial charge in [0.1, 0.15) is 17.7 Å². The highest BCUT2D eigenvalue weighted by Crippen LogP contribution is 2.38. The molecule has 0 radical (unpaired) electrons. The van der Waals surface area contributed by atoms with E-state index in [9.17, 15) is 9.18 Å². The number of hydrogen-bond donors (Lipinski definition) is 0. The summed E-state index contributed by atoms with van der Waals surface area (Å²) in [6.45, 7) is 5.50. The third-order valence-electron chi connectivity index (χ3n) is 8.42. The Kier molecular flexibility index (Phi) is 11.3. The van der Waals surface area contributed by atoms with Gasteiger partial charge in [0, 0.05) is 12.7 Å². The number of rotatable bonds is 12. The molecule has 4 nitrogen and oxygen atoms in total. The molecule has 2 aliphatic carbocycles. The topological polar surface area (TPSA) is 44.8 Å². The van der Waals surface area contributed by atoms with Crippen LogP contribution in [0.5, 0.6) is 5.75 Å². The molecule has 7 heteroatoms. The van der Waals surface area contributed by atoms with E-state index in [1.807, 2.05) is 0 Å². The fourth-order valence-electron chi connectivity index (χ4n) is 5.94. The quantitative estimate of drug-likeness (QED) is 0.192. The van der Waals surface area contributed by atoms with Gasteiger partial charge in [0.05, 0.1) is 18.3 Å². The van der Waals surface area contributed by atoms with Crippen LogP contribution in [-0.4, -0.2) is 31.4 Å². The largest absolute Gasteiger partial charge is 0.493 e. The highest BCUT2D eigenvalue weighted by molar-refractivity contribution is 5.90. The first-order valence-electron chi connectivity index (χ1n) is 15.1. The van der Waals surface area contributed by atoms with Crippen molar-refractivity contribution in [2.24, 2.45) is 0 Å². The first-order valence-corrected chi connectivity index (χ1v) is 15.1. The molecule has 4 rings (SSSR count). The minimum atomic E-state index is -1.14. The zero-order chi connectivity index (χ0) is 28.5. The Hall–Kier alpha value is -2.54. The maximum absolute atomic E-state index is 15.1. The van der Waals surface area contributed by atoms with Gasteiger partial charge in [-0.3, -0.25) is 0 Å². The van der Waals surface area contributed by atoms with E-state index in [0.717, 1.165) is 58.0 Å². The summed E-state index contributed by atoms with van der Waals surface area (Å²) in [7, 11) is 0. The second-order valence-electron chi connectivity index (χ2n) is 11.3. The summed E-state index contributed by atoms with van der Waals surface area (Å²) in [6.07, 6.45) is 9.29. The maximum Gasteiger partial charge on any atom is 0.341 e. The second-order valence-corrected chi connectivity index (χ2v) is 11.3. The standard InChI is InChI=1S/C33H43F3O4/c1-3-5-19-38-24-11-7-23(8-12-24)28-17-18-29(32(36)31(28)35)33(37)40-25-13-9-22(10-14-25)27-16-15-26(21-30(27)34)39-20-6-4-2/h15-18,21-25H,3-14,19-20H2,1-2H3. The molecule has 2 aromatic carbocycles. The Balaban J connectivity index is 1.28. The number of unbranched alkanes of at least 4 members (excludes halogenated alkanes) is 2. The van der Waals surface area contributed by atoms with Gasteiger partial charge in [-0.15, -0.1) is 0 Å². The van der Waals surface area contributed by atoms with Gasteiger partial charge in [-0.05, 0) is 99.3 Å². The second kappa shape index (κ2) is 14.9.